The Morgan fingerprint density at radius 3 is 2.62 bits per heavy atom. The summed E-state index contributed by atoms with van der Waals surface area (Å²) in [6, 6.07) is 16.3. The summed E-state index contributed by atoms with van der Waals surface area (Å²) in [5.41, 5.74) is 3.59. The van der Waals surface area contributed by atoms with Gasteiger partial charge in [-0.05, 0) is 66.8 Å². The molecule has 1 amide bonds. The van der Waals surface area contributed by atoms with E-state index in [4.69, 9.17) is 16.1 Å². The molecule has 6 nitrogen and oxygen atoms in total. The fourth-order valence-electron chi connectivity index (χ4n) is 4.45. The molecule has 1 N–H and O–H groups in total. The molecule has 1 aromatic heterocycles. The minimum Gasteiger partial charge on any atom is -0.356 e. The first-order valence-corrected chi connectivity index (χ1v) is 14.6. The van der Waals surface area contributed by atoms with Crippen molar-refractivity contribution in [3.8, 4) is 11.4 Å². The van der Waals surface area contributed by atoms with Gasteiger partial charge in [0, 0.05) is 28.8 Å². The number of piperidine rings is 1. The average Bonchev–Trinajstić information content (AvgIpc) is 3.34. The van der Waals surface area contributed by atoms with E-state index in [0.717, 1.165) is 61.0 Å². The van der Waals surface area contributed by atoms with Crippen molar-refractivity contribution < 1.29 is 9.32 Å². The second-order valence-electron chi connectivity index (χ2n) is 10.7. The lowest BCUT2D eigenvalue weighted by Gasteiger charge is -2.30. The van der Waals surface area contributed by atoms with E-state index in [-0.39, 0.29) is 17.2 Å². The molecule has 4 rings (SSSR count). The summed E-state index contributed by atoms with van der Waals surface area (Å²) in [5, 5.41) is 8.08. The number of benzene rings is 2. The van der Waals surface area contributed by atoms with Crippen LogP contribution < -0.4 is 5.32 Å². The lowest BCUT2D eigenvalue weighted by atomic mass is 9.87. The molecule has 0 aliphatic carbocycles. The second kappa shape index (κ2) is 12.9. The Morgan fingerprint density at radius 1 is 1.16 bits per heavy atom. The van der Waals surface area contributed by atoms with E-state index in [1.165, 1.54) is 11.1 Å². The third-order valence-corrected chi connectivity index (χ3v) is 8.07. The van der Waals surface area contributed by atoms with E-state index in [9.17, 15) is 4.79 Å². The summed E-state index contributed by atoms with van der Waals surface area (Å²) in [6.45, 7) is 9.65. The Morgan fingerprint density at radius 2 is 1.92 bits per heavy atom. The quantitative estimate of drug-likeness (QED) is 0.302. The second-order valence-corrected chi connectivity index (χ2v) is 12.3. The Bertz CT molecular complexity index is 1150. The fraction of sp³-hybridized carbons (Fsp3) is 0.483. The van der Waals surface area contributed by atoms with Crippen molar-refractivity contribution in [1.29, 1.82) is 0 Å². The number of nitrogens with zero attached hydrogens (tertiary/aromatic N) is 3. The molecule has 0 unspecified atom stereocenters. The maximum Gasteiger partial charge on any atom is 0.241 e. The fourth-order valence-corrected chi connectivity index (χ4v) is 5.57. The van der Waals surface area contributed by atoms with Crippen molar-refractivity contribution in [3.05, 3.63) is 70.6 Å². The summed E-state index contributed by atoms with van der Waals surface area (Å²) in [7, 11) is 0. The molecule has 1 aliphatic heterocycles. The van der Waals surface area contributed by atoms with E-state index in [0.29, 0.717) is 18.3 Å². The maximum absolute atomic E-state index is 12.6. The molecule has 2 aromatic carbocycles. The van der Waals surface area contributed by atoms with Gasteiger partial charge in [0.2, 0.25) is 17.6 Å². The lowest BCUT2D eigenvalue weighted by Crippen LogP contribution is -2.40. The standard InChI is InChI=1S/C29H37ClN4O2S/c1-29(2,3)24-10-8-22(9-11-24)27-32-26(36-33-27)19-34-15-12-23(13-16-34)28(35)31-14-5-17-37-20-21-6-4-7-25(30)18-21/h4,6-11,18,23H,5,12-17,19-20H2,1-3H3,(H,31,35). The number of likely N-dealkylation sites (tertiary alicyclic amines) is 1. The van der Waals surface area contributed by atoms with Gasteiger partial charge in [0.1, 0.15) is 0 Å². The SMILES string of the molecule is CC(C)(C)c1ccc(-c2noc(CN3CCC(C(=O)NCCCSCc4cccc(Cl)c4)CC3)n2)cc1. The number of carbonyl (C=O) groups excluding carboxylic acids is 1. The molecule has 3 aromatic rings. The molecule has 37 heavy (non-hydrogen) atoms. The molecule has 2 heterocycles. The highest BCUT2D eigenvalue weighted by Gasteiger charge is 2.26. The van der Waals surface area contributed by atoms with Crippen molar-refractivity contribution in [1.82, 2.24) is 20.4 Å². The monoisotopic (exact) mass is 540 g/mol. The molecule has 0 saturated carbocycles. The first-order chi connectivity index (χ1) is 17.8. The van der Waals surface area contributed by atoms with Gasteiger partial charge >= 0.3 is 0 Å². The van der Waals surface area contributed by atoms with E-state index in [1.807, 2.05) is 30.0 Å². The molecule has 0 bridgehead atoms. The van der Waals surface area contributed by atoms with E-state index in [2.05, 4.69) is 71.5 Å². The Hall–Kier alpha value is -2.35. The lowest BCUT2D eigenvalue weighted by molar-refractivity contribution is -0.126. The van der Waals surface area contributed by atoms with Gasteiger partial charge in [0.15, 0.2) is 0 Å². The zero-order valence-electron chi connectivity index (χ0n) is 22.0. The first-order valence-electron chi connectivity index (χ1n) is 13.0. The van der Waals surface area contributed by atoms with Gasteiger partial charge < -0.3 is 9.84 Å². The molecule has 0 atom stereocenters. The van der Waals surface area contributed by atoms with Crippen LogP contribution >= 0.6 is 23.4 Å². The number of carbonyl (C=O) groups is 1. The van der Waals surface area contributed by atoms with Crippen LogP contribution in [0, 0.1) is 5.92 Å². The highest BCUT2D eigenvalue weighted by Crippen LogP contribution is 2.25. The van der Waals surface area contributed by atoms with Gasteiger partial charge in [0.05, 0.1) is 6.54 Å². The number of halogens is 1. The molecule has 1 aliphatic rings. The van der Waals surface area contributed by atoms with Gasteiger partial charge in [-0.15, -0.1) is 0 Å². The van der Waals surface area contributed by atoms with Gasteiger partial charge in [0.25, 0.3) is 0 Å². The molecule has 198 valence electrons. The van der Waals surface area contributed by atoms with Crippen molar-refractivity contribution in [2.45, 2.75) is 57.7 Å². The number of rotatable bonds is 10. The van der Waals surface area contributed by atoms with E-state index in [1.54, 1.807) is 0 Å². The molecule has 0 spiro atoms. The zero-order valence-corrected chi connectivity index (χ0v) is 23.6. The van der Waals surface area contributed by atoms with Crippen molar-refractivity contribution >= 4 is 29.3 Å². The molecular formula is C29H37ClN4O2S. The number of aromatic nitrogens is 2. The van der Waals surface area contributed by atoms with Crippen molar-refractivity contribution in [2.24, 2.45) is 5.92 Å². The highest BCUT2D eigenvalue weighted by atomic mass is 35.5. The van der Waals surface area contributed by atoms with Crippen molar-refractivity contribution in [2.75, 3.05) is 25.4 Å². The normalized spacial score (nSPS) is 15.1. The predicted molar refractivity (Wildman–Crippen MR) is 152 cm³/mol. The number of amides is 1. The van der Waals surface area contributed by atoms with Crippen LogP contribution in [0.4, 0.5) is 0 Å². The average molecular weight is 541 g/mol. The van der Waals surface area contributed by atoms with Crippen LogP contribution in [0.25, 0.3) is 11.4 Å². The van der Waals surface area contributed by atoms with Crippen LogP contribution in [0.15, 0.2) is 53.1 Å². The summed E-state index contributed by atoms with van der Waals surface area (Å²) in [4.78, 5) is 19.5. The summed E-state index contributed by atoms with van der Waals surface area (Å²) in [5.74, 6) is 3.45. The van der Waals surface area contributed by atoms with Gasteiger partial charge in [-0.2, -0.15) is 16.7 Å². The summed E-state index contributed by atoms with van der Waals surface area (Å²) >= 11 is 7.90. The number of thioether (sulfide) groups is 1. The summed E-state index contributed by atoms with van der Waals surface area (Å²) in [6.07, 6.45) is 2.67. The van der Waals surface area contributed by atoms with Crippen LogP contribution in [0.1, 0.15) is 57.1 Å². The van der Waals surface area contributed by atoms with Crippen LogP contribution in [0.5, 0.6) is 0 Å². The largest absolute Gasteiger partial charge is 0.356 e. The molecule has 0 radical (unpaired) electrons. The first kappa shape index (κ1) is 27.7. The summed E-state index contributed by atoms with van der Waals surface area (Å²) < 4.78 is 5.52. The molecule has 1 fully saturated rings. The highest BCUT2D eigenvalue weighted by molar-refractivity contribution is 7.98. The van der Waals surface area contributed by atoms with Crippen LogP contribution in [-0.2, 0) is 22.5 Å². The molecule has 8 heteroatoms. The topological polar surface area (TPSA) is 71.3 Å². The Labute approximate surface area is 229 Å². The molecular weight excluding hydrogens is 504 g/mol. The number of hydrogen-bond acceptors (Lipinski definition) is 6. The Balaban J connectivity index is 1.13. The Kier molecular flexibility index (Phi) is 9.68. The van der Waals surface area contributed by atoms with Crippen LogP contribution in [-0.4, -0.2) is 46.3 Å². The van der Waals surface area contributed by atoms with Gasteiger partial charge in [-0.1, -0.05) is 73.9 Å². The van der Waals surface area contributed by atoms with Gasteiger partial charge in [-0.25, -0.2) is 0 Å². The number of hydrogen-bond donors (Lipinski definition) is 1. The minimum absolute atomic E-state index is 0.0786. The van der Waals surface area contributed by atoms with Crippen molar-refractivity contribution in [3.63, 3.8) is 0 Å². The third-order valence-electron chi connectivity index (χ3n) is 6.72. The smallest absolute Gasteiger partial charge is 0.241 e. The zero-order chi connectivity index (χ0) is 26.3. The van der Waals surface area contributed by atoms with Crippen LogP contribution in [0.3, 0.4) is 0 Å². The van der Waals surface area contributed by atoms with E-state index < -0.39 is 0 Å². The third kappa shape index (κ3) is 8.32. The number of nitrogens with one attached hydrogen (secondary N) is 1. The predicted octanol–water partition coefficient (Wildman–Crippen LogP) is 6.34. The van der Waals surface area contributed by atoms with Gasteiger partial charge in [-0.3, -0.25) is 9.69 Å². The maximum atomic E-state index is 12.6. The molecule has 1 saturated heterocycles. The van der Waals surface area contributed by atoms with Crippen LogP contribution in [0.2, 0.25) is 5.02 Å². The minimum atomic E-state index is 0.0786. The van der Waals surface area contributed by atoms with E-state index >= 15 is 0 Å².